The second kappa shape index (κ2) is 9.76. The first-order chi connectivity index (χ1) is 16.2. The summed E-state index contributed by atoms with van der Waals surface area (Å²) in [4.78, 5) is 17.7. The molecule has 4 aromatic rings. The largest absolute Gasteiger partial charge is 0.484 e. The van der Waals surface area contributed by atoms with Crippen LogP contribution >= 0.6 is 22.9 Å². The number of pyridine rings is 1. The van der Waals surface area contributed by atoms with E-state index in [9.17, 15) is 9.90 Å². The lowest BCUT2D eigenvalue weighted by Crippen LogP contribution is -2.42. The predicted molar refractivity (Wildman–Crippen MR) is 136 cm³/mol. The van der Waals surface area contributed by atoms with E-state index in [1.165, 1.54) is 11.3 Å². The van der Waals surface area contributed by atoms with Gasteiger partial charge in [-0.1, -0.05) is 29.8 Å². The molecule has 7 nitrogen and oxygen atoms in total. The van der Waals surface area contributed by atoms with Crippen molar-refractivity contribution in [2.45, 2.75) is 39.0 Å². The number of hydrogen-bond acceptors (Lipinski definition) is 6. The topological polar surface area (TPSA) is 102 Å². The molecule has 9 heteroatoms. The van der Waals surface area contributed by atoms with Crippen molar-refractivity contribution in [1.29, 1.82) is 0 Å². The molecule has 0 radical (unpaired) electrons. The lowest BCUT2D eigenvalue weighted by atomic mass is 10.0. The Labute approximate surface area is 207 Å². The van der Waals surface area contributed by atoms with E-state index in [0.717, 1.165) is 27.3 Å². The van der Waals surface area contributed by atoms with Crippen LogP contribution in [0.1, 0.15) is 47.7 Å². The van der Waals surface area contributed by atoms with Gasteiger partial charge < -0.3 is 20.9 Å². The predicted octanol–water partition coefficient (Wildman–Crippen LogP) is 4.82. The third-order valence-corrected chi connectivity index (χ3v) is 7.04. The molecular formula is C25H27ClN4O3S. The van der Waals surface area contributed by atoms with Crippen molar-refractivity contribution in [3.63, 3.8) is 0 Å². The van der Waals surface area contributed by atoms with Gasteiger partial charge in [0.2, 0.25) is 0 Å². The zero-order valence-corrected chi connectivity index (χ0v) is 20.8. The number of aromatic nitrogens is 2. The minimum Gasteiger partial charge on any atom is -0.484 e. The highest BCUT2D eigenvalue weighted by atomic mass is 35.5. The van der Waals surface area contributed by atoms with Gasteiger partial charge in [0, 0.05) is 34.9 Å². The van der Waals surface area contributed by atoms with E-state index >= 15 is 0 Å². The highest BCUT2D eigenvalue weighted by Crippen LogP contribution is 2.39. The van der Waals surface area contributed by atoms with Crippen LogP contribution in [0.2, 0.25) is 5.02 Å². The monoisotopic (exact) mass is 498 g/mol. The molecule has 3 aromatic heterocycles. The molecule has 0 bridgehead atoms. The van der Waals surface area contributed by atoms with E-state index in [0.29, 0.717) is 22.2 Å². The van der Waals surface area contributed by atoms with Crippen molar-refractivity contribution in [2.24, 2.45) is 5.73 Å². The molecule has 0 saturated heterocycles. The number of nitrogens with one attached hydrogen (secondary N) is 1. The minimum absolute atomic E-state index is 0.0314. The smallest absolute Gasteiger partial charge is 0.262 e. The number of carbonyl (C=O) groups is 1. The SMILES string of the molecule is C[C@@H](Oc1cc(-c2cnc3ccccn23)sc1C(N)=O)c1ccc(CNC(C)(C)CO)cc1Cl. The van der Waals surface area contributed by atoms with Gasteiger partial charge in [-0.05, 0) is 44.5 Å². The third-order valence-electron chi connectivity index (χ3n) is 5.56. The van der Waals surface area contributed by atoms with E-state index in [1.807, 2.05) is 73.8 Å². The fourth-order valence-corrected chi connectivity index (χ4v) is 4.84. The molecule has 4 rings (SSSR count). The fourth-order valence-electron chi connectivity index (χ4n) is 3.54. The molecule has 0 aliphatic heterocycles. The summed E-state index contributed by atoms with van der Waals surface area (Å²) in [6, 6.07) is 13.3. The van der Waals surface area contributed by atoms with E-state index in [-0.39, 0.29) is 12.1 Å². The molecule has 0 aliphatic carbocycles. The number of aliphatic hydroxyl groups is 1. The van der Waals surface area contributed by atoms with E-state index in [1.54, 1.807) is 6.20 Å². The van der Waals surface area contributed by atoms with Crippen molar-refractivity contribution in [1.82, 2.24) is 14.7 Å². The Morgan fingerprint density at radius 2 is 2.12 bits per heavy atom. The summed E-state index contributed by atoms with van der Waals surface area (Å²) in [7, 11) is 0. The number of amides is 1. The highest BCUT2D eigenvalue weighted by Gasteiger charge is 2.22. The van der Waals surface area contributed by atoms with Crippen LogP contribution in [0.4, 0.5) is 0 Å². The number of nitrogens with zero attached hydrogens (tertiary/aromatic N) is 2. The van der Waals surface area contributed by atoms with Gasteiger partial charge in [-0.25, -0.2) is 4.98 Å². The standard InChI is InChI=1S/C25H27ClN4O3S/c1-15(17-8-7-16(10-18(17)26)12-29-25(2,3)14-31)33-20-11-21(34-23(20)24(27)32)19-13-28-22-6-4-5-9-30(19)22/h4-11,13,15,29,31H,12,14H2,1-3H3,(H2,27,32)/t15-/m1/s1. The average molecular weight is 499 g/mol. The molecule has 34 heavy (non-hydrogen) atoms. The van der Waals surface area contributed by atoms with Gasteiger partial charge in [0.1, 0.15) is 22.4 Å². The lowest BCUT2D eigenvalue weighted by molar-refractivity contribution is 0.0998. The Bertz CT molecular complexity index is 1330. The number of primary amides is 1. The quantitative estimate of drug-likeness (QED) is 0.307. The van der Waals surface area contributed by atoms with Crippen LogP contribution in [0, 0.1) is 0 Å². The number of thiophene rings is 1. The first-order valence-electron chi connectivity index (χ1n) is 10.9. The summed E-state index contributed by atoms with van der Waals surface area (Å²) in [6.07, 6.45) is 3.27. The normalized spacial score (nSPS) is 12.7. The number of aliphatic hydroxyl groups excluding tert-OH is 1. The summed E-state index contributed by atoms with van der Waals surface area (Å²) < 4.78 is 8.13. The maximum Gasteiger partial charge on any atom is 0.262 e. The van der Waals surface area contributed by atoms with Gasteiger partial charge in [-0.15, -0.1) is 11.3 Å². The summed E-state index contributed by atoms with van der Waals surface area (Å²) in [5.74, 6) is -0.135. The fraction of sp³-hybridized carbons (Fsp3) is 0.280. The zero-order valence-electron chi connectivity index (χ0n) is 19.2. The lowest BCUT2D eigenvalue weighted by Gasteiger charge is -2.24. The second-order valence-electron chi connectivity index (χ2n) is 8.75. The number of rotatable bonds is 9. The number of imidazole rings is 1. The first-order valence-corrected chi connectivity index (χ1v) is 12.0. The van der Waals surface area contributed by atoms with Gasteiger partial charge in [0.05, 0.1) is 23.4 Å². The molecule has 1 aromatic carbocycles. The van der Waals surface area contributed by atoms with Gasteiger partial charge in [0.15, 0.2) is 0 Å². The van der Waals surface area contributed by atoms with Gasteiger partial charge in [0.25, 0.3) is 5.91 Å². The summed E-state index contributed by atoms with van der Waals surface area (Å²) in [5.41, 5.74) is 8.72. The Hall–Kier alpha value is -2.91. The molecule has 0 fully saturated rings. The van der Waals surface area contributed by atoms with Crippen molar-refractivity contribution < 1.29 is 14.6 Å². The van der Waals surface area contributed by atoms with Gasteiger partial charge >= 0.3 is 0 Å². The van der Waals surface area contributed by atoms with Crippen LogP contribution in [-0.2, 0) is 6.54 Å². The first kappa shape index (κ1) is 24.2. The van der Waals surface area contributed by atoms with E-state index < -0.39 is 12.0 Å². The Morgan fingerprint density at radius 1 is 1.32 bits per heavy atom. The van der Waals surface area contributed by atoms with Crippen LogP contribution in [0.3, 0.4) is 0 Å². The molecule has 0 saturated carbocycles. The Kier molecular flexibility index (Phi) is 6.95. The average Bonchev–Trinajstić information content (AvgIpc) is 3.42. The molecule has 4 N–H and O–H groups in total. The third kappa shape index (κ3) is 5.10. The number of halogens is 1. The summed E-state index contributed by atoms with van der Waals surface area (Å²) >= 11 is 7.84. The molecule has 1 amide bonds. The maximum absolute atomic E-state index is 12.2. The number of carbonyl (C=O) groups excluding carboxylic acids is 1. The number of benzene rings is 1. The Balaban J connectivity index is 1.57. The van der Waals surface area contributed by atoms with Crippen LogP contribution in [-0.4, -0.2) is 32.5 Å². The van der Waals surface area contributed by atoms with Crippen LogP contribution in [0.5, 0.6) is 5.75 Å². The molecular weight excluding hydrogens is 472 g/mol. The van der Waals surface area contributed by atoms with Crippen molar-refractivity contribution in [2.75, 3.05) is 6.61 Å². The second-order valence-corrected chi connectivity index (χ2v) is 10.2. The van der Waals surface area contributed by atoms with Crippen molar-refractivity contribution >= 4 is 34.5 Å². The molecule has 0 spiro atoms. The highest BCUT2D eigenvalue weighted by molar-refractivity contribution is 7.17. The maximum atomic E-state index is 12.2. The molecule has 0 aliphatic rings. The molecule has 0 unspecified atom stereocenters. The number of nitrogens with two attached hydrogens (primary N) is 1. The van der Waals surface area contributed by atoms with E-state index in [4.69, 9.17) is 22.1 Å². The minimum atomic E-state index is -0.550. The number of hydrogen-bond donors (Lipinski definition) is 3. The molecule has 178 valence electrons. The van der Waals surface area contributed by atoms with Crippen LogP contribution < -0.4 is 15.8 Å². The number of fused-ring (bicyclic) bond motifs is 1. The van der Waals surface area contributed by atoms with Gasteiger partial charge in [-0.3, -0.25) is 9.20 Å². The zero-order chi connectivity index (χ0) is 24.5. The van der Waals surface area contributed by atoms with Crippen LogP contribution in [0.15, 0.2) is 54.9 Å². The number of ether oxygens (including phenoxy) is 1. The van der Waals surface area contributed by atoms with E-state index in [2.05, 4.69) is 10.3 Å². The van der Waals surface area contributed by atoms with Crippen LogP contribution in [0.25, 0.3) is 16.2 Å². The molecule has 1 atom stereocenters. The van der Waals surface area contributed by atoms with Gasteiger partial charge in [-0.2, -0.15) is 0 Å². The van der Waals surface area contributed by atoms with Crippen molar-refractivity contribution in [3.8, 4) is 16.3 Å². The van der Waals surface area contributed by atoms with Crippen molar-refractivity contribution in [3.05, 3.63) is 75.9 Å². The summed E-state index contributed by atoms with van der Waals surface area (Å²) in [5, 5.41) is 13.3. The summed E-state index contributed by atoms with van der Waals surface area (Å²) in [6.45, 7) is 6.34. The Morgan fingerprint density at radius 3 is 2.82 bits per heavy atom. The molecule has 3 heterocycles.